The van der Waals surface area contributed by atoms with Crippen molar-refractivity contribution in [2.75, 3.05) is 13.2 Å². The van der Waals surface area contributed by atoms with E-state index in [4.69, 9.17) is 9.47 Å². The van der Waals surface area contributed by atoms with Gasteiger partial charge >= 0.3 is 0 Å². The van der Waals surface area contributed by atoms with Crippen LogP contribution in [0.4, 0.5) is 0 Å². The minimum absolute atomic E-state index is 0.411. The Balaban J connectivity index is 2.13. The minimum Gasteiger partial charge on any atom is -0.350 e. The Kier molecular flexibility index (Phi) is 4.79. The van der Waals surface area contributed by atoms with E-state index in [2.05, 4.69) is 38.1 Å². The first-order valence-corrected chi connectivity index (χ1v) is 7.02. The topological polar surface area (TPSA) is 18.5 Å². The lowest BCUT2D eigenvalue weighted by Crippen LogP contribution is -2.39. The standard InChI is InChI=1S/C16H24O2/c1-14(2)12-16(17-10-6-7-11-18-16)13-15-8-4-3-5-9-15/h3-5,8-9,14H,6-7,10-13H2,1-2H3. The van der Waals surface area contributed by atoms with E-state index < -0.39 is 5.79 Å². The van der Waals surface area contributed by atoms with Crippen molar-refractivity contribution in [1.82, 2.24) is 0 Å². The predicted octanol–water partition coefficient (Wildman–Crippen LogP) is 3.80. The van der Waals surface area contributed by atoms with Crippen LogP contribution in [0.1, 0.15) is 38.7 Å². The van der Waals surface area contributed by atoms with Crippen molar-refractivity contribution in [2.45, 2.75) is 45.3 Å². The van der Waals surface area contributed by atoms with Crippen LogP contribution in [-0.4, -0.2) is 19.0 Å². The van der Waals surface area contributed by atoms with Gasteiger partial charge in [-0.15, -0.1) is 0 Å². The molecule has 0 amide bonds. The number of ether oxygens (including phenoxy) is 2. The molecule has 0 aromatic heterocycles. The van der Waals surface area contributed by atoms with Crippen LogP contribution in [0, 0.1) is 5.92 Å². The van der Waals surface area contributed by atoms with Crippen LogP contribution in [0.25, 0.3) is 0 Å². The van der Waals surface area contributed by atoms with Gasteiger partial charge < -0.3 is 9.47 Å². The molecule has 2 rings (SSSR count). The second-order valence-corrected chi connectivity index (χ2v) is 5.58. The first-order chi connectivity index (χ1) is 8.70. The summed E-state index contributed by atoms with van der Waals surface area (Å²) in [6, 6.07) is 10.5. The first-order valence-electron chi connectivity index (χ1n) is 7.02. The lowest BCUT2D eigenvalue weighted by atomic mass is 9.96. The van der Waals surface area contributed by atoms with Crippen molar-refractivity contribution in [3.8, 4) is 0 Å². The minimum atomic E-state index is -0.411. The third-order valence-corrected chi connectivity index (χ3v) is 3.30. The molecule has 0 bridgehead atoms. The van der Waals surface area contributed by atoms with Crippen LogP contribution in [-0.2, 0) is 15.9 Å². The summed E-state index contributed by atoms with van der Waals surface area (Å²) < 4.78 is 12.2. The summed E-state index contributed by atoms with van der Waals surface area (Å²) in [5, 5.41) is 0. The zero-order valence-electron chi connectivity index (χ0n) is 11.5. The van der Waals surface area contributed by atoms with Gasteiger partial charge in [0.05, 0.1) is 13.2 Å². The highest BCUT2D eigenvalue weighted by molar-refractivity contribution is 5.16. The lowest BCUT2D eigenvalue weighted by Gasteiger charge is -2.34. The van der Waals surface area contributed by atoms with Gasteiger partial charge in [0.2, 0.25) is 0 Å². The molecule has 0 spiro atoms. The Morgan fingerprint density at radius 2 is 1.67 bits per heavy atom. The Labute approximate surface area is 110 Å². The van der Waals surface area contributed by atoms with Crippen molar-refractivity contribution >= 4 is 0 Å². The van der Waals surface area contributed by atoms with Crippen LogP contribution < -0.4 is 0 Å². The Bertz CT molecular complexity index is 337. The fraction of sp³-hybridized carbons (Fsp3) is 0.625. The van der Waals surface area contributed by atoms with Gasteiger partial charge in [0.15, 0.2) is 5.79 Å². The highest BCUT2D eigenvalue weighted by atomic mass is 16.7. The van der Waals surface area contributed by atoms with Gasteiger partial charge in [-0.2, -0.15) is 0 Å². The SMILES string of the molecule is CC(C)CC1(Cc2ccccc2)OCCCCO1. The third-order valence-electron chi connectivity index (χ3n) is 3.30. The summed E-state index contributed by atoms with van der Waals surface area (Å²) in [7, 11) is 0. The molecule has 100 valence electrons. The van der Waals surface area contributed by atoms with Crippen molar-refractivity contribution < 1.29 is 9.47 Å². The number of hydrogen-bond acceptors (Lipinski definition) is 2. The molecule has 0 atom stereocenters. The Morgan fingerprint density at radius 3 is 2.22 bits per heavy atom. The Hall–Kier alpha value is -0.860. The molecule has 1 aliphatic heterocycles. The highest BCUT2D eigenvalue weighted by Gasteiger charge is 2.34. The second kappa shape index (κ2) is 6.35. The largest absolute Gasteiger partial charge is 0.350 e. The normalized spacial score (nSPS) is 19.7. The molecular weight excluding hydrogens is 224 g/mol. The van der Waals surface area contributed by atoms with E-state index in [0.29, 0.717) is 5.92 Å². The molecule has 2 nitrogen and oxygen atoms in total. The van der Waals surface area contributed by atoms with Gasteiger partial charge in [0.1, 0.15) is 0 Å². The van der Waals surface area contributed by atoms with E-state index in [1.807, 2.05) is 6.07 Å². The monoisotopic (exact) mass is 248 g/mol. The molecular formula is C16H24O2. The van der Waals surface area contributed by atoms with Crippen molar-refractivity contribution in [2.24, 2.45) is 5.92 Å². The van der Waals surface area contributed by atoms with Crippen molar-refractivity contribution in [3.05, 3.63) is 35.9 Å². The van der Waals surface area contributed by atoms with E-state index in [1.54, 1.807) is 0 Å². The van der Waals surface area contributed by atoms with Crippen LogP contribution in [0.5, 0.6) is 0 Å². The van der Waals surface area contributed by atoms with Gasteiger partial charge in [-0.1, -0.05) is 44.2 Å². The average molecular weight is 248 g/mol. The molecule has 18 heavy (non-hydrogen) atoms. The molecule has 0 radical (unpaired) electrons. The lowest BCUT2D eigenvalue weighted by molar-refractivity contribution is -0.233. The fourth-order valence-electron chi connectivity index (χ4n) is 2.58. The maximum absolute atomic E-state index is 6.08. The number of hydrogen-bond donors (Lipinski definition) is 0. The quantitative estimate of drug-likeness (QED) is 0.807. The summed E-state index contributed by atoms with van der Waals surface area (Å²) in [5.74, 6) is 0.165. The zero-order chi connectivity index (χ0) is 12.8. The van der Waals surface area contributed by atoms with Crippen molar-refractivity contribution in [1.29, 1.82) is 0 Å². The first kappa shape index (κ1) is 13.6. The van der Waals surface area contributed by atoms with Crippen LogP contribution in [0.15, 0.2) is 30.3 Å². The average Bonchev–Trinajstić information content (AvgIpc) is 2.55. The summed E-state index contributed by atoms with van der Waals surface area (Å²) in [5.41, 5.74) is 1.29. The summed E-state index contributed by atoms with van der Waals surface area (Å²) in [6.07, 6.45) is 4.02. The summed E-state index contributed by atoms with van der Waals surface area (Å²) >= 11 is 0. The van der Waals surface area contributed by atoms with E-state index in [-0.39, 0.29) is 0 Å². The second-order valence-electron chi connectivity index (χ2n) is 5.58. The molecule has 0 saturated carbocycles. The van der Waals surface area contributed by atoms with Gasteiger partial charge in [-0.05, 0) is 24.3 Å². The predicted molar refractivity (Wildman–Crippen MR) is 73.5 cm³/mol. The fourth-order valence-corrected chi connectivity index (χ4v) is 2.58. The molecule has 1 saturated heterocycles. The van der Waals surface area contributed by atoms with Crippen molar-refractivity contribution in [3.63, 3.8) is 0 Å². The molecule has 1 heterocycles. The molecule has 1 aromatic carbocycles. The molecule has 0 unspecified atom stereocenters. The molecule has 1 aliphatic rings. The van der Waals surface area contributed by atoms with Gasteiger partial charge in [0, 0.05) is 12.8 Å². The van der Waals surface area contributed by atoms with Crippen LogP contribution >= 0.6 is 0 Å². The Morgan fingerprint density at radius 1 is 1.06 bits per heavy atom. The van der Waals surface area contributed by atoms with Gasteiger partial charge in [-0.3, -0.25) is 0 Å². The van der Waals surface area contributed by atoms with Gasteiger partial charge in [0.25, 0.3) is 0 Å². The van der Waals surface area contributed by atoms with E-state index in [0.717, 1.165) is 38.9 Å². The maximum atomic E-state index is 6.08. The van der Waals surface area contributed by atoms with E-state index in [9.17, 15) is 0 Å². The molecule has 1 fully saturated rings. The van der Waals surface area contributed by atoms with Crippen LogP contribution in [0.3, 0.4) is 0 Å². The third kappa shape index (κ3) is 3.82. The van der Waals surface area contributed by atoms with Crippen LogP contribution in [0.2, 0.25) is 0 Å². The smallest absolute Gasteiger partial charge is 0.172 e. The van der Waals surface area contributed by atoms with E-state index in [1.165, 1.54) is 5.56 Å². The molecule has 1 aromatic rings. The highest BCUT2D eigenvalue weighted by Crippen LogP contribution is 2.30. The summed E-state index contributed by atoms with van der Waals surface area (Å²) in [6.45, 7) is 6.09. The van der Waals surface area contributed by atoms with E-state index >= 15 is 0 Å². The molecule has 0 aliphatic carbocycles. The zero-order valence-corrected chi connectivity index (χ0v) is 11.5. The van der Waals surface area contributed by atoms with Gasteiger partial charge in [-0.25, -0.2) is 0 Å². The summed E-state index contributed by atoms with van der Waals surface area (Å²) in [4.78, 5) is 0. The maximum Gasteiger partial charge on any atom is 0.172 e. The molecule has 2 heteroatoms. The molecule has 0 N–H and O–H groups in total. The number of benzene rings is 1. The number of rotatable bonds is 4.